The summed E-state index contributed by atoms with van der Waals surface area (Å²) in [5, 5.41) is 4.23. The lowest BCUT2D eigenvalue weighted by Crippen LogP contribution is -2.24. The van der Waals surface area contributed by atoms with Gasteiger partial charge in [0.25, 0.3) is 0 Å². The average molecular weight is 195 g/mol. The number of aryl methyl sites for hydroxylation is 1. The molecular weight excluding hydrogens is 174 g/mol. The lowest BCUT2D eigenvalue weighted by atomic mass is 10.00. The molecule has 80 valence electrons. The first-order chi connectivity index (χ1) is 6.61. The van der Waals surface area contributed by atoms with Gasteiger partial charge in [0.15, 0.2) is 0 Å². The first kappa shape index (κ1) is 11.2. The van der Waals surface area contributed by atoms with E-state index in [1.54, 1.807) is 0 Å². The summed E-state index contributed by atoms with van der Waals surface area (Å²) in [7, 11) is 0. The number of hydrogen-bond acceptors (Lipinski definition) is 2. The Labute approximate surface area is 86.3 Å². The van der Waals surface area contributed by atoms with Gasteiger partial charge in [0.1, 0.15) is 0 Å². The molecule has 0 spiro atoms. The van der Waals surface area contributed by atoms with Gasteiger partial charge in [-0.15, -0.1) is 0 Å². The average Bonchev–Trinajstić information content (AvgIpc) is 2.50. The molecule has 0 saturated heterocycles. The topological polar surface area (TPSA) is 43.8 Å². The van der Waals surface area contributed by atoms with Gasteiger partial charge < -0.3 is 5.73 Å². The van der Waals surface area contributed by atoms with Crippen LogP contribution < -0.4 is 5.73 Å². The lowest BCUT2D eigenvalue weighted by Gasteiger charge is -2.12. The highest BCUT2D eigenvalue weighted by atomic mass is 15.3. The molecule has 0 bridgehead atoms. The maximum atomic E-state index is 6.02. The maximum absolute atomic E-state index is 6.02. The van der Waals surface area contributed by atoms with Gasteiger partial charge in [-0.2, -0.15) is 5.10 Å². The van der Waals surface area contributed by atoms with E-state index in [1.807, 2.05) is 10.9 Å². The van der Waals surface area contributed by atoms with Crippen LogP contribution >= 0.6 is 0 Å². The van der Waals surface area contributed by atoms with Crippen molar-refractivity contribution in [2.24, 2.45) is 11.7 Å². The van der Waals surface area contributed by atoms with Crippen LogP contribution in [0.3, 0.4) is 0 Å². The molecule has 0 fully saturated rings. The Bertz CT molecular complexity index is 265. The first-order valence-electron chi connectivity index (χ1n) is 5.38. The molecule has 0 aliphatic heterocycles. The molecule has 0 aliphatic carbocycles. The lowest BCUT2D eigenvalue weighted by molar-refractivity contribution is 0.493. The molecule has 0 aliphatic rings. The van der Waals surface area contributed by atoms with Gasteiger partial charge in [-0.25, -0.2) is 0 Å². The van der Waals surface area contributed by atoms with Crippen molar-refractivity contribution in [3.63, 3.8) is 0 Å². The monoisotopic (exact) mass is 195 g/mol. The molecule has 0 radical (unpaired) electrons. The highest BCUT2D eigenvalue weighted by Crippen LogP contribution is 2.08. The van der Waals surface area contributed by atoms with Gasteiger partial charge in [-0.05, 0) is 31.2 Å². The van der Waals surface area contributed by atoms with E-state index in [0.29, 0.717) is 5.92 Å². The summed E-state index contributed by atoms with van der Waals surface area (Å²) in [6, 6.07) is 0.268. The normalized spacial score (nSPS) is 13.5. The van der Waals surface area contributed by atoms with Crippen molar-refractivity contribution in [3.05, 3.63) is 18.0 Å². The Morgan fingerprint density at radius 3 is 2.71 bits per heavy atom. The Kier molecular flexibility index (Phi) is 4.14. The molecular formula is C11H21N3. The van der Waals surface area contributed by atoms with E-state index in [0.717, 1.165) is 19.4 Å². The summed E-state index contributed by atoms with van der Waals surface area (Å²) in [6.07, 6.45) is 6.03. The Balaban J connectivity index is 2.43. The van der Waals surface area contributed by atoms with Crippen LogP contribution in [0.4, 0.5) is 0 Å². The van der Waals surface area contributed by atoms with Crippen LogP contribution in [0.5, 0.6) is 0 Å². The highest BCUT2D eigenvalue weighted by Gasteiger charge is 2.07. The van der Waals surface area contributed by atoms with Gasteiger partial charge in [0.2, 0.25) is 0 Å². The molecule has 0 amide bonds. The summed E-state index contributed by atoms with van der Waals surface area (Å²) < 4.78 is 1.94. The fourth-order valence-electron chi connectivity index (χ4n) is 1.68. The van der Waals surface area contributed by atoms with Crippen molar-refractivity contribution in [2.75, 3.05) is 0 Å². The van der Waals surface area contributed by atoms with Gasteiger partial charge in [-0.1, -0.05) is 13.8 Å². The van der Waals surface area contributed by atoms with Gasteiger partial charge in [0, 0.05) is 18.8 Å². The minimum absolute atomic E-state index is 0.268. The van der Waals surface area contributed by atoms with Crippen molar-refractivity contribution in [3.8, 4) is 0 Å². The molecule has 1 aromatic rings. The predicted octanol–water partition coefficient (Wildman–Crippen LogP) is 1.82. The number of nitrogens with zero attached hydrogens (tertiary/aromatic N) is 2. The zero-order valence-electron chi connectivity index (χ0n) is 9.40. The molecule has 0 saturated carbocycles. The molecule has 1 unspecified atom stereocenters. The van der Waals surface area contributed by atoms with Crippen molar-refractivity contribution in [1.82, 2.24) is 9.78 Å². The van der Waals surface area contributed by atoms with E-state index in [-0.39, 0.29) is 6.04 Å². The van der Waals surface area contributed by atoms with E-state index in [4.69, 9.17) is 5.73 Å². The van der Waals surface area contributed by atoms with Crippen LogP contribution in [0.2, 0.25) is 0 Å². The predicted molar refractivity (Wildman–Crippen MR) is 59.0 cm³/mol. The molecule has 0 aromatic carbocycles. The molecule has 3 nitrogen and oxygen atoms in total. The molecule has 1 rings (SSSR count). The third-order valence-corrected chi connectivity index (χ3v) is 2.28. The largest absolute Gasteiger partial charge is 0.327 e. The summed E-state index contributed by atoms with van der Waals surface area (Å²) in [6.45, 7) is 7.43. The van der Waals surface area contributed by atoms with Crippen molar-refractivity contribution >= 4 is 0 Å². The molecule has 3 heteroatoms. The molecule has 1 atom stereocenters. The van der Waals surface area contributed by atoms with Crippen LogP contribution in [0.15, 0.2) is 12.4 Å². The molecule has 14 heavy (non-hydrogen) atoms. The zero-order valence-corrected chi connectivity index (χ0v) is 9.40. The Morgan fingerprint density at radius 1 is 1.50 bits per heavy atom. The second-order valence-corrected chi connectivity index (χ2v) is 4.30. The fourth-order valence-corrected chi connectivity index (χ4v) is 1.68. The summed E-state index contributed by atoms with van der Waals surface area (Å²) in [5.74, 6) is 0.672. The van der Waals surface area contributed by atoms with Gasteiger partial charge in [0.05, 0.1) is 6.20 Å². The summed E-state index contributed by atoms with van der Waals surface area (Å²) in [4.78, 5) is 0. The van der Waals surface area contributed by atoms with E-state index >= 15 is 0 Å². The SMILES string of the molecule is CCn1cc(CC(N)CC(C)C)cn1. The van der Waals surface area contributed by atoms with E-state index in [9.17, 15) is 0 Å². The number of aromatic nitrogens is 2. The second kappa shape index (κ2) is 5.15. The van der Waals surface area contributed by atoms with Crippen LogP contribution in [0.1, 0.15) is 32.8 Å². The van der Waals surface area contributed by atoms with Crippen molar-refractivity contribution in [1.29, 1.82) is 0 Å². The molecule has 2 N–H and O–H groups in total. The number of hydrogen-bond donors (Lipinski definition) is 1. The van der Waals surface area contributed by atoms with E-state index in [1.165, 1.54) is 5.56 Å². The molecule has 1 aromatic heterocycles. The first-order valence-corrected chi connectivity index (χ1v) is 5.38. The maximum Gasteiger partial charge on any atom is 0.0522 e. The van der Waals surface area contributed by atoms with Crippen LogP contribution in [0.25, 0.3) is 0 Å². The van der Waals surface area contributed by atoms with Crippen LogP contribution in [-0.4, -0.2) is 15.8 Å². The third kappa shape index (κ3) is 3.50. The quantitative estimate of drug-likeness (QED) is 0.779. The minimum atomic E-state index is 0.268. The van der Waals surface area contributed by atoms with Crippen LogP contribution in [0, 0.1) is 5.92 Å². The zero-order chi connectivity index (χ0) is 10.6. The summed E-state index contributed by atoms with van der Waals surface area (Å²) in [5.41, 5.74) is 7.27. The third-order valence-electron chi connectivity index (χ3n) is 2.28. The van der Waals surface area contributed by atoms with E-state index in [2.05, 4.69) is 32.1 Å². The second-order valence-electron chi connectivity index (χ2n) is 4.30. The van der Waals surface area contributed by atoms with Crippen molar-refractivity contribution < 1.29 is 0 Å². The minimum Gasteiger partial charge on any atom is -0.327 e. The summed E-state index contributed by atoms with van der Waals surface area (Å²) >= 11 is 0. The van der Waals surface area contributed by atoms with Gasteiger partial charge in [-0.3, -0.25) is 4.68 Å². The van der Waals surface area contributed by atoms with Crippen LogP contribution in [-0.2, 0) is 13.0 Å². The molecule has 1 heterocycles. The van der Waals surface area contributed by atoms with E-state index < -0.39 is 0 Å². The van der Waals surface area contributed by atoms with Crippen molar-refractivity contribution in [2.45, 2.75) is 46.2 Å². The number of nitrogens with two attached hydrogens (primary N) is 1. The Hall–Kier alpha value is -0.830. The highest BCUT2D eigenvalue weighted by molar-refractivity contribution is 5.05. The smallest absolute Gasteiger partial charge is 0.0522 e. The fraction of sp³-hybridized carbons (Fsp3) is 0.727. The Morgan fingerprint density at radius 2 is 2.21 bits per heavy atom. The standard InChI is InChI=1S/C11H21N3/c1-4-14-8-10(7-13-14)6-11(12)5-9(2)3/h7-9,11H,4-6,12H2,1-3H3. The number of rotatable bonds is 5. The van der Waals surface area contributed by atoms with Gasteiger partial charge >= 0.3 is 0 Å².